The first-order chi connectivity index (χ1) is 20.3. The Morgan fingerprint density at radius 1 is 1.12 bits per heavy atom. The van der Waals surface area contributed by atoms with Crippen LogP contribution in [0.2, 0.25) is 10.0 Å². The average molecular weight is 624 g/mol. The summed E-state index contributed by atoms with van der Waals surface area (Å²) in [5.74, 6) is 1.18. The third-order valence-electron chi connectivity index (χ3n) is 6.83. The molecule has 11 heteroatoms. The van der Waals surface area contributed by atoms with Gasteiger partial charge >= 0.3 is 5.97 Å². The molecule has 1 unspecified atom stereocenters. The van der Waals surface area contributed by atoms with Crippen LogP contribution in [0.3, 0.4) is 0 Å². The molecule has 1 aromatic heterocycles. The van der Waals surface area contributed by atoms with Gasteiger partial charge in [0, 0.05) is 21.2 Å². The van der Waals surface area contributed by atoms with Crippen molar-refractivity contribution in [1.29, 1.82) is 0 Å². The maximum absolute atomic E-state index is 14.0. The normalized spacial score (nSPS) is 15.8. The van der Waals surface area contributed by atoms with Crippen molar-refractivity contribution >= 4 is 46.6 Å². The third-order valence-corrected chi connectivity index (χ3v) is 8.40. The second kappa shape index (κ2) is 11.7. The van der Waals surface area contributed by atoms with E-state index in [4.69, 9.17) is 42.1 Å². The molecular formula is C31H24Cl2N2O6S. The smallest absolute Gasteiger partial charge is 0.338 e. The second-order valence-electron chi connectivity index (χ2n) is 9.48. The summed E-state index contributed by atoms with van der Waals surface area (Å²) in [7, 11) is 0. The van der Waals surface area contributed by atoms with Crippen molar-refractivity contribution < 1.29 is 23.7 Å². The van der Waals surface area contributed by atoms with Crippen LogP contribution >= 0.6 is 34.5 Å². The Morgan fingerprint density at radius 3 is 2.74 bits per heavy atom. The number of hydrogen-bond donors (Lipinski definition) is 0. The lowest BCUT2D eigenvalue weighted by atomic mass is 9.95. The molecule has 2 aliphatic rings. The molecular weight excluding hydrogens is 599 g/mol. The summed E-state index contributed by atoms with van der Waals surface area (Å²) in [6.45, 7) is 3.99. The fourth-order valence-electron chi connectivity index (χ4n) is 4.86. The minimum absolute atomic E-state index is 0.104. The summed E-state index contributed by atoms with van der Waals surface area (Å²) < 4.78 is 24.5. The van der Waals surface area contributed by atoms with Crippen LogP contribution in [-0.4, -0.2) is 23.9 Å². The van der Waals surface area contributed by atoms with Gasteiger partial charge in [-0.1, -0.05) is 64.9 Å². The molecule has 0 fully saturated rings. The molecule has 0 bridgehead atoms. The highest BCUT2D eigenvalue weighted by Crippen LogP contribution is 2.38. The van der Waals surface area contributed by atoms with E-state index < -0.39 is 12.0 Å². The molecule has 4 aromatic rings. The topological polar surface area (TPSA) is 88.4 Å². The largest absolute Gasteiger partial charge is 0.488 e. The lowest BCUT2D eigenvalue weighted by Crippen LogP contribution is -2.39. The van der Waals surface area contributed by atoms with Gasteiger partial charge in [0.15, 0.2) is 16.3 Å². The van der Waals surface area contributed by atoms with Gasteiger partial charge < -0.3 is 18.9 Å². The van der Waals surface area contributed by atoms with Crippen molar-refractivity contribution in [3.8, 4) is 17.2 Å². The van der Waals surface area contributed by atoms with Gasteiger partial charge in [0.25, 0.3) is 5.56 Å². The second-order valence-corrected chi connectivity index (χ2v) is 11.3. The Morgan fingerprint density at radius 2 is 1.93 bits per heavy atom. The zero-order valence-electron chi connectivity index (χ0n) is 22.6. The fourth-order valence-corrected chi connectivity index (χ4v) is 6.36. The highest BCUT2D eigenvalue weighted by molar-refractivity contribution is 7.07. The molecule has 2 aliphatic heterocycles. The van der Waals surface area contributed by atoms with E-state index in [1.807, 2.05) is 36.4 Å². The number of para-hydroxylation sites is 1. The monoisotopic (exact) mass is 622 g/mol. The maximum Gasteiger partial charge on any atom is 0.338 e. The predicted octanol–water partition coefficient (Wildman–Crippen LogP) is 5.41. The van der Waals surface area contributed by atoms with Gasteiger partial charge in [-0.2, -0.15) is 0 Å². The van der Waals surface area contributed by atoms with Crippen molar-refractivity contribution in [2.45, 2.75) is 26.5 Å². The minimum Gasteiger partial charge on any atom is -0.488 e. The van der Waals surface area contributed by atoms with Gasteiger partial charge in [-0.3, -0.25) is 9.36 Å². The minimum atomic E-state index is -0.768. The molecule has 8 nitrogen and oxygen atoms in total. The summed E-state index contributed by atoms with van der Waals surface area (Å²) >= 11 is 13.6. The van der Waals surface area contributed by atoms with Gasteiger partial charge in [0.2, 0.25) is 6.79 Å². The number of fused-ring (bicyclic) bond motifs is 2. The number of nitrogens with zero attached hydrogens (tertiary/aromatic N) is 2. The van der Waals surface area contributed by atoms with Crippen LogP contribution in [0, 0.1) is 0 Å². The number of thiazole rings is 1. The number of halogens is 2. The van der Waals surface area contributed by atoms with Crippen molar-refractivity contribution in [1.82, 2.24) is 4.57 Å². The third kappa shape index (κ3) is 5.31. The molecule has 1 atom stereocenters. The number of carbonyl (C=O) groups is 1. The Hall–Kier alpha value is -4.05. The van der Waals surface area contributed by atoms with E-state index in [-0.39, 0.29) is 25.6 Å². The van der Waals surface area contributed by atoms with Gasteiger partial charge in [-0.05, 0) is 55.8 Å². The van der Waals surface area contributed by atoms with E-state index in [1.54, 1.807) is 44.2 Å². The molecule has 0 amide bonds. The molecule has 0 aliphatic carbocycles. The summed E-state index contributed by atoms with van der Waals surface area (Å²) in [6, 6.07) is 17.2. The van der Waals surface area contributed by atoms with Crippen molar-refractivity contribution in [2.75, 3.05) is 13.4 Å². The molecule has 0 saturated carbocycles. The summed E-state index contributed by atoms with van der Waals surface area (Å²) in [4.78, 5) is 32.3. The van der Waals surface area contributed by atoms with Gasteiger partial charge in [0.1, 0.15) is 12.4 Å². The van der Waals surface area contributed by atoms with E-state index in [9.17, 15) is 9.59 Å². The van der Waals surface area contributed by atoms with Crippen molar-refractivity contribution in [2.24, 2.45) is 4.99 Å². The van der Waals surface area contributed by atoms with E-state index in [0.29, 0.717) is 59.0 Å². The first kappa shape index (κ1) is 28.1. The predicted molar refractivity (Wildman–Crippen MR) is 160 cm³/mol. The first-order valence-corrected chi connectivity index (χ1v) is 14.7. The zero-order chi connectivity index (χ0) is 29.4. The van der Waals surface area contributed by atoms with Crippen LogP contribution in [-0.2, 0) is 16.1 Å². The Balaban J connectivity index is 1.43. The van der Waals surface area contributed by atoms with Crippen molar-refractivity contribution in [3.05, 3.63) is 118 Å². The fraction of sp³-hybridized carbons (Fsp3) is 0.194. The van der Waals surface area contributed by atoms with E-state index in [2.05, 4.69) is 4.99 Å². The standard InChI is InChI=1S/C31H24Cl2N2O6S/c1-3-38-30(37)27-17(2)34-31-35(28(27)19-9-11-24-25(12-19)41-16-40-24)29(36)26(42-31)13-18-6-4-5-7-23(18)39-15-20-8-10-21(32)14-22(20)33/h4-14,28H,3,15-16H2,1-2H3. The molecule has 0 spiro atoms. The van der Waals surface area contributed by atoms with Crippen LogP contribution in [0.25, 0.3) is 6.08 Å². The Bertz CT molecular complexity index is 1930. The number of aromatic nitrogens is 1. The number of rotatable bonds is 7. The molecule has 0 saturated heterocycles. The number of esters is 1. The summed E-state index contributed by atoms with van der Waals surface area (Å²) in [6.07, 6.45) is 1.77. The zero-order valence-corrected chi connectivity index (χ0v) is 24.9. The maximum atomic E-state index is 14.0. The van der Waals surface area contributed by atoms with Gasteiger partial charge in [-0.15, -0.1) is 0 Å². The molecule has 214 valence electrons. The SMILES string of the molecule is CCOC(=O)C1=C(C)N=c2sc(=Cc3ccccc3OCc3ccc(Cl)cc3Cl)c(=O)n2C1c1ccc2c(c1)OCO2. The molecule has 0 radical (unpaired) electrons. The van der Waals surface area contributed by atoms with Gasteiger partial charge in [-0.25, -0.2) is 9.79 Å². The van der Waals surface area contributed by atoms with E-state index in [1.165, 1.54) is 15.9 Å². The van der Waals surface area contributed by atoms with E-state index >= 15 is 0 Å². The molecule has 3 heterocycles. The number of hydrogen-bond acceptors (Lipinski definition) is 8. The number of carbonyl (C=O) groups excluding carboxylic acids is 1. The lowest BCUT2D eigenvalue weighted by Gasteiger charge is -2.24. The summed E-state index contributed by atoms with van der Waals surface area (Å²) in [5.41, 5.74) is 2.62. The first-order valence-electron chi connectivity index (χ1n) is 13.1. The number of ether oxygens (including phenoxy) is 4. The highest BCUT2D eigenvalue weighted by Gasteiger charge is 2.34. The molecule has 3 aromatic carbocycles. The van der Waals surface area contributed by atoms with Crippen LogP contribution in [0.5, 0.6) is 17.2 Å². The Labute approximate surface area is 254 Å². The molecule has 0 N–H and O–H groups in total. The molecule has 6 rings (SSSR count). The Kier molecular flexibility index (Phi) is 7.81. The summed E-state index contributed by atoms with van der Waals surface area (Å²) in [5, 5.41) is 1.05. The van der Waals surface area contributed by atoms with Crippen LogP contribution < -0.4 is 29.1 Å². The average Bonchev–Trinajstić information content (AvgIpc) is 3.56. The van der Waals surface area contributed by atoms with Crippen LogP contribution in [0.4, 0.5) is 0 Å². The van der Waals surface area contributed by atoms with E-state index in [0.717, 1.165) is 5.56 Å². The number of benzene rings is 3. The quantitative estimate of drug-likeness (QED) is 0.256. The van der Waals surface area contributed by atoms with Crippen LogP contribution in [0.1, 0.15) is 36.6 Å². The number of allylic oxidation sites excluding steroid dienone is 1. The molecule has 42 heavy (non-hydrogen) atoms. The van der Waals surface area contributed by atoms with Gasteiger partial charge in [0.05, 0.1) is 28.5 Å². The van der Waals surface area contributed by atoms with Crippen molar-refractivity contribution in [3.63, 3.8) is 0 Å². The lowest BCUT2D eigenvalue weighted by molar-refractivity contribution is -0.139. The highest BCUT2D eigenvalue weighted by atomic mass is 35.5. The van der Waals surface area contributed by atoms with Crippen LogP contribution in [0.15, 0.2) is 81.7 Å².